The Morgan fingerprint density at radius 2 is 2.00 bits per heavy atom. The first kappa shape index (κ1) is 26.6. The molecule has 1 atom stereocenters. The summed E-state index contributed by atoms with van der Waals surface area (Å²) in [6.45, 7) is 10.0. The van der Waals surface area contributed by atoms with Crippen molar-refractivity contribution in [2.24, 2.45) is 0 Å². The van der Waals surface area contributed by atoms with Gasteiger partial charge in [-0.05, 0) is 69.5 Å². The average Bonchev–Trinajstić information content (AvgIpc) is 3.25. The van der Waals surface area contributed by atoms with Crippen molar-refractivity contribution in [2.45, 2.75) is 64.8 Å². The van der Waals surface area contributed by atoms with Crippen LogP contribution >= 0.6 is 11.8 Å². The quantitative estimate of drug-likeness (QED) is 0.242. The number of aromatic nitrogens is 3. The number of carbonyl (C=O) groups is 1. The smallest absolute Gasteiger partial charge is 0.255 e. The summed E-state index contributed by atoms with van der Waals surface area (Å²) in [5.41, 5.74) is 3.94. The first-order chi connectivity index (χ1) is 17.8. The van der Waals surface area contributed by atoms with E-state index in [1.807, 2.05) is 70.2 Å². The molecule has 3 aromatic rings. The van der Waals surface area contributed by atoms with Crippen LogP contribution in [0.2, 0.25) is 0 Å². The first-order valence-corrected chi connectivity index (χ1v) is 13.6. The highest BCUT2D eigenvalue weighted by Gasteiger charge is 2.35. The van der Waals surface area contributed by atoms with Gasteiger partial charge >= 0.3 is 0 Å². The number of nitrogens with zero attached hydrogens (tertiary/aromatic N) is 3. The zero-order chi connectivity index (χ0) is 26.5. The molecule has 0 saturated carbocycles. The summed E-state index contributed by atoms with van der Waals surface area (Å²) in [6.07, 6.45) is 2.19. The lowest BCUT2D eigenvalue weighted by atomic mass is 9.94. The molecule has 2 heterocycles. The number of nitrogens with one attached hydrogen (secondary N) is 2. The minimum atomic E-state index is -0.504. The van der Waals surface area contributed by atoms with Crippen molar-refractivity contribution in [1.82, 2.24) is 14.8 Å². The number of fused-ring (bicyclic) bond motifs is 1. The van der Waals surface area contributed by atoms with Crippen LogP contribution in [0, 0.1) is 6.92 Å². The number of aryl methyl sites for hydroxylation is 1. The van der Waals surface area contributed by atoms with Crippen molar-refractivity contribution in [2.75, 3.05) is 23.5 Å². The Bertz CT molecular complexity index is 1300. The normalized spacial score (nSPS) is 14.8. The maximum absolute atomic E-state index is 13.7. The first-order valence-electron chi connectivity index (χ1n) is 12.6. The summed E-state index contributed by atoms with van der Waals surface area (Å²) in [4.78, 5) is 18.5. The molecule has 1 aromatic heterocycles. The third-order valence-corrected chi connectivity index (χ3v) is 6.87. The van der Waals surface area contributed by atoms with E-state index in [9.17, 15) is 4.79 Å². The molecular formula is C28H35N5O3S. The third-order valence-electron chi connectivity index (χ3n) is 5.95. The number of carbonyl (C=O) groups excluding carboxylic acids is 1. The molecule has 2 N–H and O–H groups in total. The molecule has 0 fully saturated rings. The number of hydrogen-bond donors (Lipinski definition) is 2. The van der Waals surface area contributed by atoms with Crippen molar-refractivity contribution in [3.8, 4) is 11.5 Å². The molecule has 0 aliphatic carbocycles. The van der Waals surface area contributed by atoms with Gasteiger partial charge in [0.25, 0.3) is 5.91 Å². The van der Waals surface area contributed by atoms with Gasteiger partial charge < -0.3 is 20.1 Å². The van der Waals surface area contributed by atoms with E-state index in [1.54, 1.807) is 23.6 Å². The second-order valence-electron chi connectivity index (χ2n) is 9.33. The van der Waals surface area contributed by atoms with Crippen molar-refractivity contribution >= 4 is 29.3 Å². The number of rotatable bonds is 10. The number of amides is 1. The number of hydrogen-bond acceptors (Lipinski definition) is 7. The highest BCUT2D eigenvalue weighted by atomic mass is 32.2. The highest BCUT2D eigenvalue weighted by Crippen LogP contribution is 2.40. The van der Waals surface area contributed by atoms with Crippen LogP contribution in [0.5, 0.6) is 11.5 Å². The second kappa shape index (κ2) is 11.7. The lowest BCUT2D eigenvalue weighted by Gasteiger charge is -2.29. The molecule has 1 amide bonds. The number of unbranched alkanes of at least 4 members (excludes halogenated alkanes) is 1. The fourth-order valence-corrected chi connectivity index (χ4v) is 5.14. The molecule has 1 aliphatic heterocycles. The summed E-state index contributed by atoms with van der Waals surface area (Å²) < 4.78 is 13.4. The molecule has 9 heteroatoms. The zero-order valence-electron chi connectivity index (χ0n) is 22.3. The summed E-state index contributed by atoms with van der Waals surface area (Å²) in [5.74, 6) is 2.59. The largest absolute Gasteiger partial charge is 0.493 e. The van der Waals surface area contributed by atoms with Crippen LogP contribution in [-0.2, 0) is 4.79 Å². The van der Waals surface area contributed by atoms with E-state index >= 15 is 0 Å². The van der Waals surface area contributed by atoms with Gasteiger partial charge in [-0.15, -0.1) is 5.10 Å². The summed E-state index contributed by atoms with van der Waals surface area (Å²) in [6, 6.07) is 13.0. The van der Waals surface area contributed by atoms with E-state index in [0.717, 1.165) is 41.1 Å². The van der Waals surface area contributed by atoms with Gasteiger partial charge in [0, 0.05) is 17.1 Å². The SMILES string of the molecule is CCCCSc1nc2n(n1)C(c1ccc(OC(C)C)c(OC)c1)C(C(=O)Nc1cccc(C)c1)=C(C)N2. The Kier molecular flexibility index (Phi) is 8.43. The molecule has 37 heavy (non-hydrogen) atoms. The van der Waals surface area contributed by atoms with Crippen LogP contribution in [0.3, 0.4) is 0 Å². The van der Waals surface area contributed by atoms with Crippen LogP contribution in [-0.4, -0.2) is 39.6 Å². The molecule has 1 aliphatic rings. The van der Waals surface area contributed by atoms with Gasteiger partial charge in [0.1, 0.15) is 6.04 Å². The lowest BCUT2D eigenvalue weighted by Crippen LogP contribution is -2.31. The van der Waals surface area contributed by atoms with Crippen molar-refractivity contribution in [3.63, 3.8) is 0 Å². The van der Waals surface area contributed by atoms with Crippen LogP contribution in [0.1, 0.15) is 57.7 Å². The number of methoxy groups -OCH3 is 1. The second-order valence-corrected chi connectivity index (χ2v) is 10.4. The monoisotopic (exact) mass is 521 g/mol. The Morgan fingerprint density at radius 1 is 1.19 bits per heavy atom. The molecule has 0 bridgehead atoms. The highest BCUT2D eigenvalue weighted by molar-refractivity contribution is 7.99. The molecule has 196 valence electrons. The average molecular weight is 522 g/mol. The number of allylic oxidation sites excluding steroid dienone is 1. The maximum Gasteiger partial charge on any atom is 0.255 e. The predicted octanol–water partition coefficient (Wildman–Crippen LogP) is 6.20. The molecular weight excluding hydrogens is 486 g/mol. The van der Waals surface area contributed by atoms with Crippen LogP contribution in [0.25, 0.3) is 0 Å². The molecule has 1 unspecified atom stereocenters. The fourth-order valence-electron chi connectivity index (χ4n) is 4.23. The van der Waals surface area contributed by atoms with Crippen molar-refractivity contribution in [1.29, 1.82) is 0 Å². The maximum atomic E-state index is 13.7. The van der Waals surface area contributed by atoms with Gasteiger partial charge in [0.05, 0.1) is 18.8 Å². The molecule has 4 rings (SSSR count). The Balaban J connectivity index is 1.77. The minimum Gasteiger partial charge on any atom is -0.493 e. The Labute approximate surface area is 222 Å². The van der Waals surface area contributed by atoms with Gasteiger partial charge in [-0.2, -0.15) is 4.98 Å². The Hall–Kier alpha value is -3.46. The van der Waals surface area contributed by atoms with E-state index in [1.165, 1.54) is 0 Å². The van der Waals surface area contributed by atoms with Crippen LogP contribution in [0.4, 0.5) is 11.6 Å². The lowest BCUT2D eigenvalue weighted by molar-refractivity contribution is -0.113. The molecule has 0 saturated heterocycles. The van der Waals surface area contributed by atoms with Gasteiger partial charge in [-0.3, -0.25) is 4.79 Å². The Morgan fingerprint density at radius 3 is 2.70 bits per heavy atom. The summed E-state index contributed by atoms with van der Waals surface area (Å²) in [7, 11) is 1.62. The van der Waals surface area contributed by atoms with Crippen molar-refractivity contribution < 1.29 is 14.3 Å². The van der Waals surface area contributed by atoms with E-state index in [-0.39, 0.29) is 12.0 Å². The third kappa shape index (κ3) is 6.10. The molecule has 0 radical (unpaired) electrons. The van der Waals surface area contributed by atoms with E-state index in [4.69, 9.17) is 19.6 Å². The topological polar surface area (TPSA) is 90.3 Å². The summed E-state index contributed by atoms with van der Waals surface area (Å²) in [5, 5.41) is 11.9. The predicted molar refractivity (Wildman–Crippen MR) is 149 cm³/mol. The standard InChI is InChI=1S/C28H35N5O3S/c1-7-8-14-37-28-31-27-29-19(5)24(26(34)30-21-11-9-10-18(4)15-21)25(33(27)32-28)20-12-13-22(36-17(2)3)23(16-20)35-6/h9-13,15-17,25H,7-8,14H2,1-6H3,(H,30,34)(H,29,31,32). The van der Waals surface area contributed by atoms with Crippen LogP contribution in [0.15, 0.2) is 58.9 Å². The number of anilines is 2. The number of ether oxygens (including phenoxy) is 2. The van der Waals surface area contributed by atoms with E-state index < -0.39 is 6.04 Å². The van der Waals surface area contributed by atoms with Crippen LogP contribution < -0.4 is 20.1 Å². The summed E-state index contributed by atoms with van der Waals surface area (Å²) >= 11 is 1.62. The van der Waals surface area contributed by atoms with Gasteiger partial charge in [-0.1, -0.05) is 43.3 Å². The van der Waals surface area contributed by atoms with Gasteiger partial charge in [0.2, 0.25) is 11.1 Å². The number of thioether (sulfide) groups is 1. The minimum absolute atomic E-state index is 0.000982. The van der Waals surface area contributed by atoms with E-state index in [2.05, 4.69) is 17.6 Å². The van der Waals surface area contributed by atoms with Crippen molar-refractivity contribution in [3.05, 3.63) is 64.9 Å². The van der Waals surface area contributed by atoms with Gasteiger partial charge in [0.15, 0.2) is 11.5 Å². The zero-order valence-corrected chi connectivity index (χ0v) is 23.1. The van der Waals surface area contributed by atoms with Gasteiger partial charge in [-0.25, -0.2) is 4.68 Å². The number of benzene rings is 2. The van der Waals surface area contributed by atoms with E-state index in [0.29, 0.717) is 28.2 Å². The fraction of sp³-hybridized carbons (Fsp3) is 0.393. The molecule has 2 aromatic carbocycles. The molecule has 8 nitrogen and oxygen atoms in total. The molecule has 0 spiro atoms.